The number of fused-ring (bicyclic) bond motifs is 3. The van der Waals surface area contributed by atoms with Crippen molar-refractivity contribution in [2.45, 2.75) is 6.54 Å². The number of aromatic nitrogens is 1. The Kier molecular flexibility index (Phi) is 3.10. The average Bonchev–Trinajstić information content (AvgIpc) is 2.81. The molecular formula is C15H11N3O4. The molecule has 0 atom stereocenters. The maximum absolute atomic E-state index is 11.0. The number of allylic oxidation sites excluding steroid dienone is 1. The van der Waals surface area contributed by atoms with Crippen molar-refractivity contribution in [3.05, 3.63) is 69.3 Å². The summed E-state index contributed by atoms with van der Waals surface area (Å²) in [4.78, 5) is 21.0. The molecule has 7 nitrogen and oxygen atoms in total. The van der Waals surface area contributed by atoms with Gasteiger partial charge in [-0.15, -0.1) is 6.58 Å². The maximum atomic E-state index is 11.0. The number of nitro groups is 2. The quantitative estimate of drug-likeness (QED) is 0.416. The molecule has 0 aliphatic carbocycles. The Balaban J connectivity index is 2.44. The Morgan fingerprint density at radius 1 is 0.955 bits per heavy atom. The van der Waals surface area contributed by atoms with E-state index in [1.807, 2.05) is 4.57 Å². The summed E-state index contributed by atoms with van der Waals surface area (Å²) in [5.74, 6) is 0. The number of hydrogen-bond donors (Lipinski definition) is 0. The van der Waals surface area contributed by atoms with Crippen LogP contribution < -0.4 is 0 Å². The van der Waals surface area contributed by atoms with Crippen LogP contribution in [0.15, 0.2) is 49.1 Å². The molecule has 0 bridgehead atoms. The maximum Gasteiger partial charge on any atom is 0.270 e. The van der Waals surface area contributed by atoms with Gasteiger partial charge in [0, 0.05) is 52.6 Å². The molecule has 0 saturated heterocycles. The largest absolute Gasteiger partial charge is 0.337 e. The van der Waals surface area contributed by atoms with Crippen LogP contribution in [-0.4, -0.2) is 14.4 Å². The van der Waals surface area contributed by atoms with E-state index in [1.165, 1.54) is 24.3 Å². The lowest BCUT2D eigenvalue weighted by Crippen LogP contribution is -1.94. The Hall–Kier alpha value is -3.22. The Morgan fingerprint density at radius 2 is 1.41 bits per heavy atom. The molecule has 0 N–H and O–H groups in total. The van der Waals surface area contributed by atoms with E-state index in [4.69, 9.17) is 0 Å². The number of nitro benzene ring substituents is 2. The van der Waals surface area contributed by atoms with E-state index in [-0.39, 0.29) is 11.4 Å². The minimum absolute atomic E-state index is 0.0448. The SMILES string of the molecule is C=CCn1c2ccc([N+](=O)[O-])cc2c2cc([N+](=O)[O-])ccc21. The van der Waals surface area contributed by atoms with Crippen LogP contribution in [0.2, 0.25) is 0 Å². The van der Waals surface area contributed by atoms with E-state index in [0.29, 0.717) is 17.3 Å². The van der Waals surface area contributed by atoms with Crippen molar-refractivity contribution in [1.82, 2.24) is 4.57 Å². The number of hydrogen-bond acceptors (Lipinski definition) is 4. The molecule has 0 radical (unpaired) electrons. The topological polar surface area (TPSA) is 91.2 Å². The fourth-order valence-corrected chi connectivity index (χ4v) is 2.63. The standard InChI is InChI=1S/C15H11N3O4/c1-2-7-16-14-5-3-10(17(19)20)8-12(14)13-9-11(18(21)22)4-6-15(13)16/h2-6,8-9H,1,7H2. The first-order valence-corrected chi connectivity index (χ1v) is 6.48. The molecule has 1 aromatic heterocycles. The van der Waals surface area contributed by atoms with E-state index < -0.39 is 9.85 Å². The first kappa shape index (κ1) is 13.7. The van der Waals surface area contributed by atoms with E-state index in [0.717, 1.165) is 11.0 Å². The van der Waals surface area contributed by atoms with Gasteiger partial charge < -0.3 is 4.57 Å². The van der Waals surface area contributed by atoms with Gasteiger partial charge in [-0.05, 0) is 12.1 Å². The lowest BCUT2D eigenvalue weighted by Gasteiger charge is -2.02. The van der Waals surface area contributed by atoms with Gasteiger partial charge in [-0.2, -0.15) is 0 Å². The van der Waals surface area contributed by atoms with E-state index in [2.05, 4.69) is 6.58 Å². The molecular weight excluding hydrogens is 286 g/mol. The summed E-state index contributed by atoms with van der Waals surface area (Å²) in [6.07, 6.45) is 1.71. The van der Waals surface area contributed by atoms with Gasteiger partial charge in [-0.3, -0.25) is 20.2 Å². The molecule has 3 aromatic rings. The van der Waals surface area contributed by atoms with Gasteiger partial charge in [0.05, 0.1) is 9.85 Å². The first-order chi connectivity index (χ1) is 10.5. The number of nitrogens with zero attached hydrogens (tertiary/aromatic N) is 3. The van der Waals surface area contributed by atoms with Crippen LogP contribution in [0.3, 0.4) is 0 Å². The van der Waals surface area contributed by atoms with E-state index in [1.54, 1.807) is 18.2 Å². The highest BCUT2D eigenvalue weighted by atomic mass is 16.6. The summed E-state index contributed by atoms with van der Waals surface area (Å²) in [6, 6.07) is 9.05. The highest BCUT2D eigenvalue weighted by molar-refractivity contribution is 6.09. The second kappa shape index (κ2) is 4.96. The molecule has 7 heteroatoms. The molecule has 0 aliphatic heterocycles. The van der Waals surface area contributed by atoms with Crippen LogP contribution in [0.4, 0.5) is 11.4 Å². The lowest BCUT2D eigenvalue weighted by molar-refractivity contribution is -0.385. The van der Waals surface area contributed by atoms with E-state index >= 15 is 0 Å². The number of rotatable bonds is 4. The highest BCUT2D eigenvalue weighted by Gasteiger charge is 2.16. The van der Waals surface area contributed by atoms with Gasteiger partial charge in [0.25, 0.3) is 11.4 Å². The minimum atomic E-state index is -0.479. The number of benzene rings is 2. The van der Waals surface area contributed by atoms with Crippen LogP contribution in [0.5, 0.6) is 0 Å². The van der Waals surface area contributed by atoms with Crippen LogP contribution in [0.25, 0.3) is 21.8 Å². The van der Waals surface area contributed by atoms with Crippen molar-refractivity contribution in [3.8, 4) is 0 Å². The fraction of sp³-hybridized carbons (Fsp3) is 0.0667. The van der Waals surface area contributed by atoms with Gasteiger partial charge in [0.1, 0.15) is 0 Å². The molecule has 1 heterocycles. The second-order valence-electron chi connectivity index (χ2n) is 4.82. The number of non-ortho nitro benzene ring substituents is 2. The van der Waals surface area contributed by atoms with Gasteiger partial charge in [-0.25, -0.2) is 0 Å². The van der Waals surface area contributed by atoms with Crippen molar-refractivity contribution < 1.29 is 9.85 Å². The van der Waals surface area contributed by atoms with Crippen LogP contribution in [0, 0.1) is 20.2 Å². The summed E-state index contributed by atoms with van der Waals surface area (Å²) in [5, 5.41) is 23.2. The van der Waals surface area contributed by atoms with Crippen molar-refractivity contribution in [1.29, 1.82) is 0 Å². The summed E-state index contributed by atoms with van der Waals surface area (Å²) in [6.45, 7) is 4.21. The van der Waals surface area contributed by atoms with Crippen molar-refractivity contribution in [2.24, 2.45) is 0 Å². The Bertz CT molecular complexity index is 872. The van der Waals surface area contributed by atoms with Crippen LogP contribution >= 0.6 is 0 Å². The van der Waals surface area contributed by atoms with Crippen LogP contribution in [-0.2, 0) is 6.54 Å². The average molecular weight is 297 g/mol. The predicted octanol–water partition coefficient (Wildman–Crippen LogP) is 3.80. The van der Waals surface area contributed by atoms with Gasteiger partial charge in [0.15, 0.2) is 0 Å². The lowest BCUT2D eigenvalue weighted by atomic mass is 10.1. The molecule has 0 fully saturated rings. The summed E-state index contributed by atoms with van der Waals surface area (Å²) in [5.41, 5.74) is 1.47. The third-order valence-corrected chi connectivity index (χ3v) is 3.57. The van der Waals surface area contributed by atoms with Gasteiger partial charge in [-0.1, -0.05) is 6.08 Å². The highest BCUT2D eigenvalue weighted by Crippen LogP contribution is 2.33. The third kappa shape index (κ3) is 1.99. The Morgan fingerprint density at radius 3 is 1.77 bits per heavy atom. The smallest absolute Gasteiger partial charge is 0.270 e. The van der Waals surface area contributed by atoms with Crippen molar-refractivity contribution in [2.75, 3.05) is 0 Å². The molecule has 0 unspecified atom stereocenters. The summed E-state index contributed by atoms with van der Waals surface area (Å²) < 4.78 is 1.92. The monoisotopic (exact) mass is 297 g/mol. The minimum Gasteiger partial charge on any atom is -0.337 e. The zero-order valence-electron chi connectivity index (χ0n) is 11.4. The molecule has 0 aliphatic rings. The van der Waals surface area contributed by atoms with Crippen LogP contribution in [0.1, 0.15) is 0 Å². The summed E-state index contributed by atoms with van der Waals surface area (Å²) >= 11 is 0. The zero-order chi connectivity index (χ0) is 15.9. The Labute approximate surface area is 124 Å². The molecule has 110 valence electrons. The fourth-order valence-electron chi connectivity index (χ4n) is 2.63. The molecule has 3 rings (SSSR count). The van der Waals surface area contributed by atoms with E-state index in [9.17, 15) is 20.2 Å². The summed E-state index contributed by atoms with van der Waals surface area (Å²) in [7, 11) is 0. The van der Waals surface area contributed by atoms with Gasteiger partial charge in [0.2, 0.25) is 0 Å². The third-order valence-electron chi connectivity index (χ3n) is 3.57. The first-order valence-electron chi connectivity index (χ1n) is 6.48. The van der Waals surface area contributed by atoms with Gasteiger partial charge >= 0.3 is 0 Å². The zero-order valence-corrected chi connectivity index (χ0v) is 11.4. The molecule has 22 heavy (non-hydrogen) atoms. The van der Waals surface area contributed by atoms with Crippen molar-refractivity contribution >= 4 is 33.2 Å². The molecule has 0 saturated carbocycles. The van der Waals surface area contributed by atoms with Crippen molar-refractivity contribution in [3.63, 3.8) is 0 Å². The normalized spacial score (nSPS) is 10.9. The molecule has 0 spiro atoms. The molecule has 0 amide bonds. The molecule has 2 aromatic carbocycles. The predicted molar refractivity (Wildman–Crippen MR) is 82.9 cm³/mol. The second-order valence-corrected chi connectivity index (χ2v) is 4.82.